The van der Waals surface area contributed by atoms with E-state index in [-0.39, 0.29) is 29.8 Å². The number of benzene rings is 1. The number of guanidine groups is 1. The number of halogens is 2. The SMILES string of the molecule is I.NC(=NCCN1CCN(c2ccc(F)cc2)CC1)NCCc1ccccn1. The molecule has 0 spiro atoms. The van der Waals surface area contributed by atoms with Crippen LogP contribution in [0.5, 0.6) is 0 Å². The number of hydrogen-bond acceptors (Lipinski definition) is 4. The van der Waals surface area contributed by atoms with Crippen LogP contribution in [0, 0.1) is 5.82 Å². The second-order valence-corrected chi connectivity index (χ2v) is 6.57. The van der Waals surface area contributed by atoms with Gasteiger partial charge < -0.3 is 16.0 Å². The molecule has 3 N–H and O–H groups in total. The number of nitrogens with two attached hydrogens (primary N) is 1. The molecule has 2 heterocycles. The fourth-order valence-corrected chi connectivity index (χ4v) is 3.11. The molecule has 152 valence electrons. The lowest BCUT2D eigenvalue weighted by atomic mass is 10.2. The molecule has 1 aromatic carbocycles. The van der Waals surface area contributed by atoms with Gasteiger partial charge in [0.1, 0.15) is 5.82 Å². The third kappa shape index (κ3) is 7.23. The molecule has 8 heteroatoms. The topological polar surface area (TPSA) is 69.8 Å². The van der Waals surface area contributed by atoms with E-state index >= 15 is 0 Å². The number of aromatic nitrogens is 1. The Kier molecular flexibility index (Phi) is 9.42. The van der Waals surface area contributed by atoms with Crippen molar-refractivity contribution in [2.75, 3.05) is 50.7 Å². The highest BCUT2D eigenvalue weighted by molar-refractivity contribution is 14.0. The minimum absolute atomic E-state index is 0. The Bertz CT molecular complexity index is 717. The molecule has 0 aliphatic carbocycles. The third-order valence-electron chi connectivity index (χ3n) is 4.68. The van der Waals surface area contributed by atoms with Gasteiger partial charge in [0.05, 0.1) is 6.54 Å². The smallest absolute Gasteiger partial charge is 0.188 e. The Hall–Kier alpha value is -1.94. The van der Waals surface area contributed by atoms with Gasteiger partial charge in [0.2, 0.25) is 0 Å². The van der Waals surface area contributed by atoms with E-state index in [2.05, 4.69) is 25.1 Å². The predicted molar refractivity (Wildman–Crippen MR) is 123 cm³/mol. The lowest BCUT2D eigenvalue weighted by Gasteiger charge is -2.35. The standard InChI is InChI=1S/C20H27FN6.HI/c21-17-4-6-19(7-5-17)27-15-13-26(14-16-27)12-11-25-20(22)24-10-8-18-3-1-2-9-23-18;/h1-7,9H,8,10-16H2,(H3,22,24,25);1H. The Morgan fingerprint density at radius 1 is 1.11 bits per heavy atom. The lowest BCUT2D eigenvalue weighted by Crippen LogP contribution is -2.47. The van der Waals surface area contributed by atoms with Gasteiger partial charge in [0, 0.05) is 63.3 Å². The van der Waals surface area contributed by atoms with Crippen LogP contribution in [0.4, 0.5) is 10.1 Å². The molecule has 0 unspecified atom stereocenters. The van der Waals surface area contributed by atoms with Gasteiger partial charge in [-0.15, -0.1) is 24.0 Å². The van der Waals surface area contributed by atoms with Crippen LogP contribution >= 0.6 is 24.0 Å². The van der Waals surface area contributed by atoms with E-state index in [0.29, 0.717) is 12.5 Å². The van der Waals surface area contributed by atoms with Crippen LogP contribution in [-0.4, -0.2) is 61.7 Å². The first-order valence-corrected chi connectivity index (χ1v) is 9.37. The summed E-state index contributed by atoms with van der Waals surface area (Å²) in [5, 5.41) is 3.13. The first-order valence-electron chi connectivity index (χ1n) is 9.37. The van der Waals surface area contributed by atoms with E-state index in [1.54, 1.807) is 6.20 Å². The fraction of sp³-hybridized carbons (Fsp3) is 0.400. The van der Waals surface area contributed by atoms with Crippen LogP contribution in [0.1, 0.15) is 5.69 Å². The van der Waals surface area contributed by atoms with Gasteiger partial charge in [-0.05, 0) is 36.4 Å². The van der Waals surface area contributed by atoms with Gasteiger partial charge in [0.25, 0.3) is 0 Å². The maximum Gasteiger partial charge on any atom is 0.188 e. The molecular formula is C20H28FIN6. The second kappa shape index (κ2) is 11.8. The van der Waals surface area contributed by atoms with E-state index in [1.807, 2.05) is 30.3 Å². The van der Waals surface area contributed by atoms with Crippen molar-refractivity contribution in [1.82, 2.24) is 15.2 Å². The molecule has 1 saturated heterocycles. The van der Waals surface area contributed by atoms with Gasteiger partial charge in [-0.2, -0.15) is 0 Å². The van der Waals surface area contributed by atoms with E-state index in [9.17, 15) is 4.39 Å². The number of hydrogen-bond donors (Lipinski definition) is 2. The summed E-state index contributed by atoms with van der Waals surface area (Å²) in [5.41, 5.74) is 8.04. The minimum atomic E-state index is -0.193. The lowest BCUT2D eigenvalue weighted by molar-refractivity contribution is 0.265. The molecular weight excluding hydrogens is 470 g/mol. The van der Waals surface area contributed by atoms with Gasteiger partial charge in [-0.1, -0.05) is 6.07 Å². The highest BCUT2D eigenvalue weighted by Crippen LogP contribution is 2.16. The number of pyridine rings is 1. The zero-order valence-corrected chi connectivity index (χ0v) is 18.3. The molecule has 1 aromatic heterocycles. The number of rotatable bonds is 7. The third-order valence-corrected chi connectivity index (χ3v) is 4.68. The van der Waals surface area contributed by atoms with Crippen LogP contribution in [-0.2, 0) is 6.42 Å². The molecule has 28 heavy (non-hydrogen) atoms. The van der Waals surface area contributed by atoms with Crippen molar-refractivity contribution in [2.45, 2.75) is 6.42 Å². The molecule has 0 amide bonds. The predicted octanol–water partition coefficient (Wildman–Crippen LogP) is 2.11. The number of piperazine rings is 1. The van der Waals surface area contributed by atoms with Gasteiger partial charge in [-0.25, -0.2) is 4.39 Å². The van der Waals surface area contributed by atoms with Crippen molar-refractivity contribution in [3.8, 4) is 0 Å². The average molecular weight is 498 g/mol. The quantitative estimate of drug-likeness (QED) is 0.348. The maximum atomic E-state index is 13.0. The van der Waals surface area contributed by atoms with E-state index in [0.717, 1.165) is 57.1 Å². The van der Waals surface area contributed by atoms with E-state index in [1.165, 1.54) is 12.1 Å². The monoisotopic (exact) mass is 498 g/mol. The second-order valence-electron chi connectivity index (χ2n) is 6.57. The highest BCUT2D eigenvalue weighted by Gasteiger charge is 2.16. The minimum Gasteiger partial charge on any atom is -0.370 e. The molecule has 6 nitrogen and oxygen atoms in total. The van der Waals surface area contributed by atoms with Crippen LogP contribution in [0.15, 0.2) is 53.7 Å². The van der Waals surface area contributed by atoms with Crippen molar-refractivity contribution < 1.29 is 4.39 Å². The fourth-order valence-electron chi connectivity index (χ4n) is 3.11. The largest absolute Gasteiger partial charge is 0.370 e. The molecule has 0 saturated carbocycles. The maximum absolute atomic E-state index is 13.0. The van der Waals surface area contributed by atoms with Crippen molar-refractivity contribution in [1.29, 1.82) is 0 Å². The summed E-state index contributed by atoms with van der Waals surface area (Å²) in [7, 11) is 0. The van der Waals surface area contributed by atoms with E-state index in [4.69, 9.17) is 5.73 Å². The summed E-state index contributed by atoms with van der Waals surface area (Å²) >= 11 is 0. The van der Waals surface area contributed by atoms with Gasteiger partial charge in [0.15, 0.2) is 5.96 Å². The summed E-state index contributed by atoms with van der Waals surface area (Å²) in [4.78, 5) is 13.3. The Labute approximate surface area is 183 Å². The van der Waals surface area contributed by atoms with Crippen LogP contribution in [0.3, 0.4) is 0 Å². The summed E-state index contributed by atoms with van der Waals surface area (Å²) in [6, 6.07) is 12.6. The molecule has 1 aliphatic rings. The number of nitrogens with zero attached hydrogens (tertiary/aromatic N) is 4. The van der Waals surface area contributed by atoms with Gasteiger partial charge >= 0.3 is 0 Å². The van der Waals surface area contributed by atoms with Crippen molar-refractivity contribution in [3.05, 3.63) is 60.2 Å². The normalized spacial score (nSPS) is 15.2. The van der Waals surface area contributed by atoms with Crippen LogP contribution in [0.2, 0.25) is 0 Å². The molecule has 2 aromatic rings. The zero-order chi connectivity index (χ0) is 18.9. The molecule has 0 radical (unpaired) electrons. The first kappa shape index (κ1) is 22.4. The molecule has 3 rings (SSSR count). The van der Waals surface area contributed by atoms with E-state index < -0.39 is 0 Å². The Balaban J connectivity index is 0.00000280. The highest BCUT2D eigenvalue weighted by atomic mass is 127. The van der Waals surface area contributed by atoms with Crippen LogP contribution in [0.25, 0.3) is 0 Å². The van der Waals surface area contributed by atoms with Gasteiger partial charge in [-0.3, -0.25) is 14.9 Å². The van der Waals surface area contributed by atoms with Crippen LogP contribution < -0.4 is 16.0 Å². The molecule has 0 bridgehead atoms. The summed E-state index contributed by atoms with van der Waals surface area (Å²) in [6.45, 7) is 6.11. The van der Waals surface area contributed by atoms with Crippen molar-refractivity contribution in [3.63, 3.8) is 0 Å². The zero-order valence-electron chi connectivity index (χ0n) is 15.9. The Morgan fingerprint density at radius 2 is 1.86 bits per heavy atom. The average Bonchev–Trinajstić information content (AvgIpc) is 2.70. The van der Waals surface area contributed by atoms with Crippen molar-refractivity contribution in [2.24, 2.45) is 10.7 Å². The number of anilines is 1. The Morgan fingerprint density at radius 3 is 2.54 bits per heavy atom. The summed E-state index contributed by atoms with van der Waals surface area (Å²) in [6.07, 6.45) is 2.62. The molecule has 1 fully saturated rings. The first-order chi connectivity index (χ1) is 13.2. The summed E-state index contributed by atoms with van der Waals surface area (Å²) < 4.78 is 13.0. The number of nitrogens with one attached hydrogen (secondary N) is 1. The number of aliphatic imine (C=N–C) groups is 1. The van der Waals surface area contributed by atoms with Crippen molar-refractivity contribution >= 4 is 35.6 Å². The molecule has 0 atom stereocenters. The molecule has 1 aliphatic heterocycles. The summed E-state index contributed by atoms with van der Waals surface area (Å²) in [5.74, 6) is 0.289.